The number of hydrogen-bond acceptors (Lipinski definition) is 6. The summed E-state index contributed by atoms with van der Waals surface area (Å²) in [6.45, 7) is 3.84. The zero-order valence-corrected chi connectivity index (χ0v) is 14.8. The van der Waals surface area contributed by atoms with Crippen LogP contribution in [0.2, 0.25) is 0 Å². The van der Waals surface area contributed by atoms with Crippen molar-refractivity contribution in [1.82, 2.24) is 20.6 Å². The molecule has 0 aliphatic carbocycles. The minimum Gasteiger partial charge on any atom is -0.341 e. The molecule has 0 aromatic carbocycles. The Morgan fingerprint density at radius 3 is 2.68 bits per heavy atom. The van der Waals surface area contributed by atoms with Crippen LogP contribution in [0.4, 0.5) is 0 Å². The van der Waals surface area contributed by atoms with E-state index in [-0.39, 0.29) is 24.3 Å². The van der Waals surface area contributed by atoms with Gasteiger partial charge in [-0.2, -0.15) is 5.26 Å². The Labute approximate surface area is 150 Å². The third-order valence-corrected chi connectivity index (χ3v) is 4.37. The van der Waals surface area contributed by atoms with Gasteiger partial charge in [-0.15, -0.1) is 11.3 Å². The number of pyridine rings is 1. The highest BCUT2D eigenvalue weighted by Gasteiger charge is 2.23. The lowest BCUT2D eigenvalue weighted by atomic mass is 10.0. The van der Waals surface area contributed by atoms with Gasteiger partial charge in [0.05, 0.1) is 12.3 Å². The molecule has 0 fully saturated rings. The summed E-state index contributed by atoms with van der Waals surface area (Å²) in [5.74, 6) is -0.495. The number of rotatable bonds is 7. The Bertz CT molecular complexity index is 767. The molecule has 1 atom stereocenters. The molecule has 7 nitrogen and oxygen atoms in total. The Hall–Kier alpha value is -2.79. The molecule has 2 amide bonds. The van der Waals surface area contributed by atoms with Crippen molar-refractivity contribution >= 4 is 23.2 Å². The molecule has 1 unspecified atom stereocenters. The second-order valence-electron chi connectivity index (χ2n) is 5.80. The zero-order chi connectivity index (χ0) is 18.2. The summed E-state index contributed by atoms with van der Waals surface area (Å²) in [5, 5.41) is 14.5. The van der Waals surface area contributed by atoms with Crippen molar-refractivity contribution in [2.24, 2.45) is 5.92 Å². The lowest BCUT2D eigenvalue weighted by Gasteiger charge is -2.19. The predicted molar refractivity (Wildman–Crippen MR) is 94.7 cm³/mol. The highest BCUT2D eigenvalue weighted by atomic mass is 32.1. The number of nitriles is 1. The lowest BCUT2D eigenvalue weighted by Crippen LogP contribution is -2.47. The van der Waals surface area contributed by atoms with Gasteiger partial charge in [0.2, 0.25) is 5.91 Å². The van der Waals surface area contributed by atoms with E-state index in [4.69, 9.17) is 5.26 Å². The van der Waals surface area contributed by atoms with Crippen LogP contribution in [0.25, 0.3) is 10.6 Å². The number of hydrogen-bond donors (Lipinski definition) is 2. The number of carbonyl (C=O) groups is 2. The first-order valence-corrected chi connectivity index (χ1v) is 8.64. The largest absolute Gasteiger partial charge is 0.341 e. The molecule has 2 aromatic rings. The fourth-order valence-corrected chi connectivity index (χ4v) is 3.01. The van der Waals surface area contributed by atoms with Crippen molar-refractivity contribution in [3.8, 4) is 16.6 Å². The van der Waals surface area contributed by atoms with Crippen LogP contribution in [-0.2, 0) is 4.79 Å². The van der Waals surface area contributed by atoms with Crippen LogP contribution in [0.1, 0.15) is 29.9 Å². The third kappa shape index (κ3) is 5.36. The molecule has 8 heteroatoms. The Balaban J connectivity index is 2.09. The maximum absolute atomic E-state index is 12.5. The maximum Gasteiger partial charge on any atom is 0.263 e. The number of amides is 2. The number of nitrogens with one attached hydrogen (secondary N) is 2. The average Bonchev–Trinajstić information content (AvgIpc) is 3.09. The van der Waals surface area contributed by atoms with E-state index in [1.54, 1.807) is 12.4 Å². The van der Waals surface area contributed by atoms with Gasteiger partial charge in [-0.3, -0.25) is 14.6 Å². The van der Waals surface area contributed by atoms with Crippen molar-refractivity contribution in [2.45, 2.75) is 26.3 Å². The summed E-state index contributed by atoms with van der Waals surface area (Å²) < 4.78 is 0. The summed E-state index contributed by atoms with van der Waals surface area (Å²) in [5.41, 5.74) is 0.879. The molecule has 2 rings (SSSR count). The van der Waals surface area contributed by atoms with E-state index in [1.165, 1.54) is 17.5 Å². The summed E-state index contributed by atoms with van der Waals surface area (Å²) in [6.07, 6.45) is 5.30. The molecule has 130 valence electrons. The molecule has 0 spiro atoms. The van der Waals surface area contributed by atoms with Crippen molar-refractivity contribution in [1.29, 1.82) is 5.26 Å². The first-order chi connectivity index (χ1) is 12.0. The van der Waals surface area contributed by atoms with E-state index in [9.17, 15) is 9.59 Å². The van der Waals surface area contributed by atoms with Crippen molar-refractivity contribution in [2.75, 3.05) is 6.54 Å². The van der Waals surface area contributed by atoms with E-state index in [2.05, 4.69) is 20.6 Å². The van der Waals surface area contributed by atoms with Gasteiger partial charge >= 0.3 is 0 Å². The second-order valence-corrected chi connectivity index (χ2v) is 6.83. The summed E-state index contributed by atoms with van der Waals surface area (Å²) >= 11 is 1.25. The Morgan fingerprint density at radius 1 is 1.32 bits per heavy atom. The van der Waals surface area contributed by atoms with Gasteiger partial charge in [-0.1, -0.05) is 13.8 Å². The van der Waals surface area contributed by atoms with E-state index in [0.717, 1.165) is 5.56 Å². The highest BCUT2D eigenvalue weighted by molar-refractivity contribution is 7.16. The topological polar surface area (TPSA) is 108 Å². The fraction of sp³-hybridized carbons (Fsp3) is 0.353. The predicted octanol–water partition coefficient (Wildman–Crippen LogP) is 1.99. The molecule has 2 aromatic heterocycles. The van der Waals surface area contributed by atoms with Gasteiger partial charge in [0.1, 0.15) is 22.5 Å². The minimum absolute atomic E-state index is 0.0873. The van der Waals surface area contributed by atoms with Crippen molar-refractivity contribution in [3.05, 3.63) is 35.6 Å². The summed E-state index contributed by atoms with van der Waals surface area (Å²) in [7, 11) is 0. The van der Waals surface area contributed by atoms with Crippen LogP contribution in [0.15, 0.2) is 30.7 Å². The molecule has 0 bridgehead atoms. The third-order valence-electron chi connectivity index (χ3n) is 3.33. The summed E-state index contributed by atoms with van der Waals surface area (Å²) in [6, 6.07) is 4.80. The number of carbonyl (C=O) groups excluding carboxylic acids is 2. The van der Waals surface area contributed by atoms with Crippen molar-refractivity contribution in [3.63, 3.8) is 0 Å². The Morgan fingerprint density at radius 2 is 2.04 bits per heavy atom. The van der Waals surface area contributed by atoms with Gasteiger partial charge < -0.3 is 10.6 Å². The number of nitrogens with zero attached hydrogens (tertiary/aromatic N) is 3. The monoisotopic (exact) mass is 357 g/mol. The van der Waals surface area contributed by atoms with Crippen LogP contribution in [0, 0.1) is 17.2 Å². The molecular weight excluding hydrogens is 338 g/mol. The van der Waals surface area contributed by atoms with Gasteiger partial charge in [0.15, 0.2) is 0 Å². The molecule has 2 heterocycles. The summed E-state index contributed by atoms with van der Waals surface area (Å²) in [4.78, 5) is 33.2. The zero-order valence-electron chi connectivity index (χ0n) is 14.0. The van der Waals surface area contributed by atoms with Crippen LogP contribution in [-0.4, -0.2) is 34.4 Å². The molecule has 0 aliphatic heterocycles. The smallest absolute Gasteiger partial charge is 0.263 e. The minimum atomic E-state index is -0.688. The Kier molecular flexibility index (Phi) is 6.60. The second kappa shape index (κ2) is 8.89. The van der Waals surface area contributed by atoms with E-state index in [1.807, 2.05) is 32.0 Å². The normalized spacial score (nSPS) is 11.6. The van der Waals surface area contributed by atoms with Gasteiger partial charge in [-0.25, -0.2) is 4.98 Å². The van der Waals surface area contributed by atoms with Gasteiger partial charge in [0.25, 0.3) is 5.91 Å². The van der Waals surface area contributed by atoms with E-state index < -0.39 is 6.04 Å². The molecule has 25 heavy (non-hydrogen) atoms. The standard InChI is InChI=1S/C17H19N5O2S/c1-11(2)9-13(15(23)20-8-5-18)22-16(24)14-10-21-17(25-14)12-3-6-19-7-4-12/h3-4,6-7,10-11,13H,8-9H2,1-2H3,(H,20,23)(H,22,24). The average molecular weight is 357 g/mol. The maximum atomic E-state index is 12.5. The van der Waals surface area contributed by atoms with E-state index >= 15 is 0 Å². The first-order valence-electron chi connectivity index (χ1n) is 7.83. The van der Waals surface area contributed by atoms with Gasteiger partial charge in [-0.05, 0) is 24.5 Å². The highest BCUT2D eigenvalue weighted by Crippen LogP contribution is 2.24. The molecule has 0 saturated heterocycles. The molecular formula is C17H19N5O2S. The van der Waals surface area contributed by atoms with Gasteiger partial charge in [0, 0.05) is 18.0 Å². The number of aromatic nitrogens is 2. The van der Waals surface area contributed by atoms with E-state index in [0.29, 0.717) is 16.3 Å². The molecule has 0 aliphatic rings. The molecule has 0 radical (unpaired) electrons. The van der Waals surface area contributed by atoms with Crippen molar-refractivity contribution < 1.29 is 9.59 Å². The van der Waals surface area contributed by atoms with Crippen LogP contribution < -0.4 is 10.6 Å². The fourth-order valence-electron chi connectivity index (χ4n) is 2.19. The van der Waals surface area contributed by atoms with Crippen LogP contribution in [0.3, 0.4) is 0 Å². The van der Waals surface area contributed by atoms with Crippen LogP contribution in [0.5, 0.6) is 0 Å². The quantitative estimate of drug-likeness (QED) is 0.737. The first kappa shape index (κ1) is 18.5. The van der Waals surface area contributed by atoms with Crippen LogP contribution >= 0.6 is 11.3 Å². The number of thiazole rings is 1. The SMILES string of the molecule is CC(C)CC(NC(=O)c1cnc(-c2ccncc2)s1)C(=O)NCC#N. The lowest BCUT2D eigenvalue weighted by molar-refractivity contribution is -0.123. The molecule has 0 saturated carbocycles. The molecule has 2 N–H and O–H groups in total.